The molecule has 0 aliphatic heterocycles. The van der Waals surface area contributed by atoms with Crippen LogP contribution in [0.5, 0.6) is 0 Å². The van der Waals surface area contributed by atoms with E-state index in [1.54, 1.807) is 45.2 Å². The van der Waals surface area contributed by atoms with Gasteiger partial charge in [0.25, 0.3) is 5.56 Å². The maximum Gasteiger partial charge on any atom is 0.341 e. The Morgan fingerprint density at radius 1 is 1.00 bits per heavy atom. The maximum absolute atomic E-state index is 14.4. The minimum Gasteiger partial charge on any atom is -0.421 e. The SMILES string of the molecule is Cc1c(CS(C)(=O)=O)cccc1-c1c(C)n(C)c(=O)c2c(Nc3ccccc3F)c(C)c(=O)oc12. The first-order valence-corrected chi connectivity index (χ1v) is 12.9. The van der Waals surface area contributed by atoms with Crippen LogP contribution in [0.4, 0.5) is 15.8 Å². The van der Waals surface area contributed by atoms with E-state index in [0.29, 0.717) is 27.9 Å². The Balaban J connectivity index is 2.11. The molecule has 4 aromatic rings. The highest BCUT2D eigenvalue weighted by Gasteiger charge is 2.24. The second-order valence-corrected chi connectivity index (χ2v) is 10.8. The Bertz CT molecular complexity index is 1720. The van der Waals surface area contributed by atoms with Crippen LogP contribution in [-0.4, -0.2) is 19.2 Å². The first kappa shape index (κ1) is 24.4. The molecule has 9 heteroatoms. The summed E-state index contributed by atoms with van der Waals surface area (Å²) in [7, 11) is -1.70. The van der Waals surface area contributed by atoms with Crippen molar-refractivity contribution in [2.45, 2.75) is 26.5 Å². The lowest BCUT2D eigenvalue weighted by Gasteiger charge is -2.19. The number of sulfone groups is 1. The van der Waals surface area contributed by atoms with Crippen LogP contribution in [-0.2, 0) is 22.6 Å². The molecule has 4 rings (SSSR count). The summed E-state index contributed by atoms with van der Waals surface area (Å²) in [6.07, 6.45) is 1.16. The summed E-state index contributed by atoms with van der Waals surface area (Å²) in [6, 6.07) is 11.2. The van der Waals surface area contributed by atoms with Crippen molar-refractivity contribution in [1.82, 2.24) is 4.57 Å². The minimum absolute atomic E-state index is 0.0552. The number of para-hydroxylation sites is 1. The number of nitrogens with zero attached hydrogens (tertiary/aromatic N) is 1. The van der Waals surface area contributed by atoms with Crippen LogP contribution in [0.25, 0.3) is 22.1 Å². The van der Waals surface area contributed by atoms with E-state index in [2.05, 4.69) is 5.32 Å². The molecule has 0 unspecified atom stereocenters. The Morgan fingerprint density at radius 2 is 1.69 bits per heavy atom. The average molecular weight is 497 g/mol. The first-order chi connectivity index (χ1) is 16.4. The summed E-state index contributed by atoms with van der Waals surface area (Å²) in [5, 5.41) is 3.02. The number of fused-ring (bicyclic) bond motifs is 1. The summed E-state index contributed by atoms with van der Waals surface area (Å²) in [5.74, 6) is -0.694. The van der Waals surface area contributed by atoms with Gasteiger partial charge in [-0.25, -0.2) is 17.6 Å². The van der Waals surface area contributed by atoms with E-state index in [9.17, 15) is 22.4 Å². The van der Waals surface area contributed by atoms with Gasteiger partial charge in [-0.05, 0) is 49.6 Å². The Morgan fingerprint density at radius 3 is 2.34 bits per heavy atom. The van der Waals surface area contributed by atoms with Crippen LogP contribution >= 0.6 is 0 Å². The second-order valence-electron chi connectivity index (χ2n) is 8.68. The lowest BCUT2D eigenvalue weighted by molar-refractivity contribution is 0.554. The van der Waals surface area contributed by atoms with Gasteiger partial charge in [0.1, 0.15) is 11.2 Å². The quantitative estimate of drug-likeness (QED) is 0.437. The predicted octanol–water partition coefficient (Wildman–Crippen LogP) is 4.51. The number of pyridine rings is 1. The highest BCUT2D eigenvalue weighted by atomic mass is 32.2. The van der Waals surface area contributed by atoms with Gasteiger partial charge in [0.2, 0.25) is 0 Å². The van der Waals surface area contributed by atoms with Crippen molar-refractivity contribution in [2.24, 2.45) is 7.05 Å². The molecule has 2 aromatic carbocycles. The molecule has 0 bridgehead atoms. The van der Waals surface area contributed by atoms with Crippen molar-refractivity contribution in [3.05, 3.63) is 91.4 Å². The van der Waals surface area contributed by atoms with Crippen LogP contribution in [0.1, 0.15) is 22.4 Å². The molecule has 0 spiro atoms. The molecular weight excluding hydrogens is 471 g/mol. The fourth-order valence-corrected chi connectivity index (χ4v) is 5.10. The highest BCUT2D eigenvalue weighted by molar-refractivity contribution is 7.89. The second kappa shape index (κ2) is 8.81. The third-order valence-corrected chi connectivity index (χ3v) is 7.07. The number of anilines is 2. The Kier molecular flexibility index (Phi) is 6.14. The minimum atomic E-state index is -3.30. The smallest absolute Gasteiger partial charge is 0.341 e. The number of hydrogen-bond donors (Lipinski definition) is 1. The molecule has 7 nitrogen and oxygen atoms in total. The van der Waals surface area contributed by atoms with Gasteiger partial charge < -0.3 is 14.3 Å². The van der Waals surface area contributed by atoms with Gasteiger partial charge in [-0.1, -0.05) is 30.3 Å². The summed E-state index contributed by atoms with van der Waals surface area (Å²) in [6.45, 7) is 5.02. The first-order valence-electron chi connectivity index (χ1n) is 10.9. The summed E-state index contributed by atoms with van der Waals surface area (Å²) >= 11 is 0. The van der Waals surface area contributed by atoms with Crippen LogP contribution in [0.3, 0.4) is 0 Å². The topological polar surface area (TPSA) is 98.4 Å². The molecular formula is C26H25FN2O5S. The van der Waals surface area contributed by atoms with E-state index in [1.165, 1.54) is 29.7 Å². The molecule has 0 saturated heterocycles. The van der Waals surface area contributed by atoms with E-state index in [-0.39, 0.29) is 33.7 Å². The zero-order chi connectivity index (χ0) is 25.7. The van der Waals surface area contributed by atoms with Gasteiger partial charge in [-0.15, -0.1) is 0 Å². The number of aromatic nitrogens is 1. The third kappa shape index (κ3) is 4.39. The summed E-state index contributed by atoms with van der Waals surface area (Å²) in [5.41, 5.74) is 2.31. The van der Waals surface area contributed by atoms with Crippen molar-refractivity contribution in [3.8, 4) is 11.1 Å². The molecule has 0 fully saturated rings. The van der Waals surface area contributed by atoms with Crippen molar-refractivity contribution < 1.29 is 17.2 Å². The van der Waals surface area contributed by atoms with Crippen molar-refractivity contribution in [2.75, 3.05) is 11.6 Å². The van der Waals surface area contributed by atoms with E-state index >= 15 is 0 Å². The van der Waals surface area contributed by atoms with E-state index in [4.69, 9.17) is 4.42 Å². The molecule has 1 N–H and O–H groups in total. The summed E-state index contributed by atoms with van der Waals surface area (Å²) in [4.78, 5) is 26.3. The number of nitrogens with one attached hydrogen (secondary N) is 1. The van der Waals surface area contributed by atoms with Gasteiger partial charge in [0.05, 0.1) is 22.7 Å². The van der Waals surface area contributed by atoms with Crippen molar-refractivity contribution >= 4 is 32.2 Å². The van der Waals surface area contributed by atoms with Gasteiger partial charge in [-0.3, -0.25) is 4.79 Å². The fourth-order valence-electron chi connectivity index (χ4n) is 4.22. The highest BCUT2D eigenvalue weighted by Crippen LogP contribution is 2.37. The number of benzene rings is 2. The van der Waals surface area contributed by atoms with Gasteiger partial charge in [-0.2, -0.15) is 0 Å². The predicted molar refractivity (Wildman–Crippen MR) is 136 cm³/mol. The zero-order valence-electron chi connectivity index (χ0n) is 20.0. The van der Waals surface area contributed by atoms with Crippen LogP contribution in [0.2, 0.25) is 0 Å². The lowest BCUT2D eigenvalue weighted by atomic mass is 9.94. The standard InChI is InChI=1S/C26H25FN2O5S/c1-14-17(13-35(5,32)33)9-8-10-18(14)21-16(3)29(4)25(30)22-23(15(2)26(31)34-24(21)22)28-20-12-7-6-11-19(20)27/h6-12,28H,13H2,1-5H3. The van der Waals surface area contributed by atoms with Crippen molar-refractivity contribution in [3.63, 3.8) is 0 Å². The summed E-state index contributed by atoms with van der Waals surface area (Å²) < 4.78 is 45.5. The zero-order valence-corrected chi connectivity index (χ0v) is 20.8. The third-order valence-electron chi connectivity index (χ3n) is 6.23. The van der Waals surface area contributed by atoms with Crippen LogP contribution < -0.4 is 16.5 Å². The van der Waals surface area contributed by atoms with Gasteiger partial charge >= 0.3 is 5.63 Å². The largest absolute Gasteiger partial charge is 0.421 e. The monoisotopic (exact) mass is 496 g/mol. The van der Waals surface area contributed by atoms with E-state index < -0.39 is 26.8 Å². The van der Waals surface area contributed by atoms with Crippen LogP contribution in [0, 0.1) is 26.6 Å². The molecule has 0 amide bonds. The molecule has 2 heterocycles. The Hall–Kier alpha value is -3.72. The molecule has 0 aliphatic rings. The number of hydrogen-bond acceptors (Lipinski definition) is 6. The lowest BCUT2D eigenvalue weighted by Crippen LogP contribution is -2.23. The normalized spacial score (nSPS) is 11.7. The van der Waals surface area contributed by atoms with E-state index in [1.807, 2.05) is 0 Å². The van der Waals surface area contributed by atoms with Gasteiger partial charge in [0, 0.05) is 24.6 Å². The molecule has 182 valence electrons. The molecule has 0 aliphatic carbocycles. The van der Waals surface area contributed by atoms with Crippen LogP contribution in [0.15, 0.2) is 56.5 Å². The molecule has 0 radical (unpaired) electrons. The number of halogens is 1. The fraction of sp³-hybridized carbons (Fsp3) is 0.231. The molecule has 2 aromatic heterocycles. The Labute approximate surface area is 201 Å². The maximum atomic E-state index is 14.4. The van der Waals surface area contributed by atoms with Gasteiger partial charge in [0.15, 0.2) is 15.4 Å². The molecule has 35 heavy (non-hydrogen) atoms. The average Bonchev–Trinajstić information content (AvgIpc) is 2.78. The van der Waals surface area contributed by atoms with Crippen molar-refractivity contribution in [1.29, 1.82) is 0 Å². The number of rotatable bonds is 5. The molecule has 0 saturated carbocycles. The van der Waals surface area contributed by atoms with E-state index in [0.717, 1.165) is 6.26 Å². The molecule has 0 atom stereocenters.